The molecular weight excluding hydrogens is 270 g/mol. The summed E-state index contributed by atoms with van der Waals surface area (Å²) in [6.07, 6.45) is 1.61. The van der Waals surface area contributed by atoms with E-state index in [0.29, 0.717) is 4.96 Å². The van der Waals surface area contributed by atoms with Crippen LogP contribution in [0.4, 0.5) is 11.6 Å². The second kappa shape index (κ2) is 3.91. The molecule has 0 aromatic carbocycles. The largest absolute Gasteiger partial charge is 0.385 e. The van der Waals surface area contributed by atoms with E-state index >= 15 is 0 Å². The van der Waals surface area contributed by atoms with Crippen LogP contribution in [-0.2, 0) is 0 Å². The fourth-order valence-electron chi connectivity index (χ4n) is 2.22. The molecule has 0 amide bonds. The van der Waals surface area contributed by atoms with E-state index < -0.39 is 10.5 Å². The minimum Gasteiger partial charge on any atom is -0.385 e. The van der Waals surface area contributed by atoms with Gasteiger partial charge in [-0.2, -0.15) is 14.6 Å². The molecule has 0 aliphatic carbocycles. The Morgan fingerprint density at radius 1 is 1.68 bits per heavy atom. The van der Waals surface area contributed by atoms with Crippen molar-refractivity contribution in [1.29, 1.82) is 5.26 Å². The Labute approximate surface area is 111 Å². The van der Waals surface area contributed by atoms with Gasteiger partial charge >= 0.3 is 5.82 Å². The molecule has 19 heavy (non-hydrogen) atoms. The molecule has 0 saturated carbocycles. The topological polar surface area (TPSA) is 108 Å². The number of nitro groups is 1. The summed E-state index contributed by atoms with van der Waals surface area (Å²) in [7, 11) is 0. The van der Waals surface area contributed by atoms with Gasteiger partial charge in [-0.1, -0.05) is 11.3 Å². The molecule has 3 heterocycles. The maximum Gasteiger partial charge on any atom is 0.373 e. The standard InChI is InChI=1S/C10H9N5O3S/c11-2-1-10(16)5-13(6-10)7-8(15(17)18)14-3-4-19-9(14)12-7/h3-4,16H,1,5-6H2. The van der Waals surface area contributed by atoms with Crippen molar-refractivity contribution in [1.82, 2.24) is 9.38 Å². The number of nitriles is 1. The number of fused-ring (bicyclic) bond motifs is 1. The predicted molar refractivity (Wildman–Crippen MR) is 67.1 cm³/mol. The minimum absolute atomic E-state index is 0.0134. The van der Waals surface area contributed by atoms with Gasteiger partial charge in [-0.3, -0.25) is 0 Å². The Balaban J connectivity index is 1.95. The van der Waals surface area contributed by atoms with Gasteiger partial charge in [0.2, 0.25) is 5.82 Å². The molecular formula is C10H9N5O3S. The number of rotatable bonds is 3. The predicted octanol–water partition coefficient (Wildman–Crippen LogP) is 0.769. The van der Waals surface area contributed by atoms with Crippen LogP contribution in [0.25, 0.3) is 4.96 Å². The van der Waals surface area contributed by atoms with Gasteiger partial charge in [-0.25, -0.2) is 0 Å². The molecule has 98 valence electrons. The summed E-state index contributed by atoms with van der Waals surface area (Å²) >= 11 is 1.31. The van der Waals surface area contributed by atoms with E-state index in [1.54, 1.807) is 16.5 Å². The van der Waals surface area contributed by atoms with Crippen molar-refractivity contribution in [2.75, 3.05) is 18.0 Å². The first-order chi connectivity index (χ1) is 9.04. The number of nitrogens with zero attached hydrogens (tertiary/aromatic N) is 5. The zero-order chi connectivity index (χ0) is 13.6. The van der Waals surface area contributed by atoms with E-state index in [1.807, 2.05) is 6.07 Å². The Kier molecular flexibility index (Phi) is 2.44. The van der Waals surface area contributed by atoms with Gasteiger partial charge in [0.15, 0.2) is 0 Å². The first kappa shape index (κ1) is 11.9. The van der Waals surface area contributed by atoms with Crippen LogP contribution >= 0.6 is 11.3 Å². The summed E-state index contributed by atoms with van der Waals surface area (Å²) in [6.45, 7) is 0.373. The first-order valence-corrected chi connectivity index (χ1v) is 6.36. The lowest BCUT2D eigenvalue weighted by Crippen LogP contribution is -2.62. The van der Waals surface area contributed by atoms with Gasteiger partial charge in [0.1, 0.15) is 11.8 Å². The van der Waals surface area contributed by atoms with E-state index in [9.17, 15) is 15.2 Å². The third-order valence-corrected chi connectivity index (χ3v) is 3.83. The molecule has 2 aromatic rings. The number of β-amino-alcohol motifs (C(OH)–C–C–N with tert-alkyl or cyclic N) is 1. The van der Waals surface area contributed by atoms with Crippen molar-refractivity contribution in [2.24, 2.45) is 0 Å². The van der Waals surface area contributed by atoms with Crippen molar-refractivity contribution in [3.8, 4) is 6.07 Å². The highest BCUT2D eigenvalue weighted by atomic mass is 32.1. The molecule has 3 rings (SSSR count). The fraction of sp³-hybridized carbons (Fsp3) is 0.400. The quantitative estimate of drug-likeness (QED) is 0.656. The monoisotopic (exact) mass is 279 g/mol. The van der Waals surface area contributed by atoms with Crippen molar-refractivity contribution in [3.05, 3.63) is 21.7 Å². The number of aliphatic hydroxyl groups is 1. The smallest absolute Gasteiger partial charge is 0.373 e. The lowest BCUT2D eigenvalue weighted by atomic mass is 9.91. The van der Waals surface area contributed by atoms with Crippen LogP contribution in [0.1, 0.15) is 6.42 Å². The summed E-state index contributed by atoms with van der Waals surface area (Å²) in [5.41, 5.74) is -1.08. The lowest BCUT2D eigenvalue weighted by Gasteiger charge is -2.44. The molecule has 8 nitrogen and oxygen atoms in total. The second-order valence-electron chi connectivity index (χ2n) is 4.49. The Hall–Kier alpha value is -2.18. The zero-order valence-electron chi connectivity index (χ0n) is 9.68. The molecule has 9 heteroatoms. The second-order valence-corrected chi connectivity index (χ2v) is 5.36. The third-order valence-electron chi connectivity index (χ3n) is 3.07. The fourth-order valence-corrected chi connectivity index (χ4v) is 2.92. The molecule has 1 aliphatic heterocycles. The van der Waals surface area contributed by atoms with Crippen molar-refractivity contribution >= 4 is 27.9 Å². The molecule has 1 N–H and O–H groups in total. The van der Waals surface area contributed by atoms with Crippen LogP contribution in [0.2, 0.25) is 0 Å². The molecule has 0 spiro atoms. The molecule has 0 unspecified atom stereocenters. The summed E-state index contributed by atoms with van der Waals surface area (Å²) in [5, 5.41) is 31.4. The number of hydrogen-bond donors (Lipinski definition) is 1. The number of imidazole rings is 1. The number of aromatic nitrogens is 2. The molecule has 0 radical (unpaired) electrons. The van der Waals surface area contributed by atoms with Crippen molar-refractivity contribution < 1.29 is 10.0 Å². The molecule has 2 aromatic heterocycles. The van der Waals surface area contributed by atoms with Crippen LogP contribution in [0, 0.1) is 21.4 Å². The van der Waals surface area contributed by atoms with E-state index in [4.69, 9.17) is 5.26 Å². The molecule has 1 aliphatic rings. The SMILES string of the molecule is N#CCC1(O)CN(c2nc3sccn3c2[N+](=O)[O-])C1. The summed E-state index contributed by atoms with van der Waals surface area (Å²) < 4.78 is 1.42. The Bertz CT molecular complexity index is 694. The average molecular weight is 279 g/mol. The number of anilines is 1. The van der Waals surface area contributed by atoms with Gasteiger partial charge in [-0.05, 0) is 4.92 Å². The van der Waals surface area contributed by atoms with Crippen LogP contribution in [0.5, 0.6) is 0 Å². The van der Waals surface area contributed by atoms with E-state index in [0.717, 1.165) is 0 Å². The summed E-state index contributed by atoms with van der Waals surface area (Å²) in [4.78, 5) is 17.0. The summed E-state index contributed by atoms with van der Waals surface area (Å²) in [5.74, 6) is 0.148. The molecule has 1 fully saturated rings. The lowest BCUT2D eigenvalue weighted by molar-refractivity contribution is -0.389. The number of hydrogen-bond acceptors (Lipinski definition) is 7. The molecule has 1 saturated heterocycles. The van der Waals surface area contributed by atoms with Gasteiger partial charge < -0.3 is 20.1 Å². The highest BCUT2D eigenvalue weighted by Gasteiger charge is 2.45. The van der Waals surface area contributed by atoms with Crippen LogP contribution in [0.15, 0.2) is 11.6 Å². The van der Waals surface area contributed by atoms with E-state index in [-0.39, 0.29) is 31.1 Å². The van der Waals surface area contributed by atoms with Gasteiger partial charge in [0.05, 0.1) is 25.6 Å². The normalized spacial score (nSPS) is 17.2. The average Bonchev–Trinajstić information content (AvgIpc) is 2.83. The first-order valence-electron chi connectivity index (χ1n) is 5.48. The van der Waals surface area contributed by atoms with Crippen molar-refractivity contribution in [3.63, 3.8) is 0 Å². The zero-order valence-corrected chi connectivity index (χ0v) is 10.5. The third kappa shape index (κ3) is 1.73. The Morgan fingerprint density at radius 3 is 3.05 bits per heavy atom. The summed E-state index contributed by atoms with van der Waals surface area (Å²) in [6, 6.07) is 1.91. The number of thiazole rings is 1. The maximum absolute atomic E-state index is 11.1. The van der Waals surface area contributed by atoms with Gasteiger partial charge in [0, 0.05) is 5.38 Å². The molecule has 0 atom stereocenters. The van der Waals surface area contributed by atoms with Gasteiger partial charge in [-0.15, -0.1) is 0 Å². The van der Waals surface area contributed by atoms with Crippen LogP contribution < -0.4 is 4.90 Å². The Morgan fingerprint density at radius 2 is 2.42 bits per heavy atom. The van der Waals surface area contributed by atoms with E-state index in [1.165, 1.54) is 15.7 Å². The van der Waals surface area contributed by atoms with E-state index in [2.05, 4.69) is 4.98 Å². The van der Waals surface area contributed by atoms with Crippen LogP contribution in [0.3, 0.4) is 0 Å². The van der Waals surface area contributed by atoms with Crippen LogP contribution in [-0.4, -0.2) is 38.1 Å². The minimum atomic E-state index is -1.08. The highest BCUT2D eigenvalue weighted by molar-refractivity contribution is 7.15. The van der Waals surface area contributed by atoms with Crippen molar-refractivity contribution in [2.45, 2.75) is 12.0 Å². The maximum atomic E-state index is 11.1. The highest BCUT2D eigenvalue weighted by Crippen LogP contribution is 2.36. The molecule has 0 bridgehead atoms. The van der Waals surface area contributed by atoms with Gasteiger partial charge in [0.25, 0.3) is 4.96 Å².